The molecule has 4 heteroatoms. The van der Waals surface area contributed by atoms with Crippen molar-refractivity contribution in [1.29, 1.82) is 0 Å². The van der Waals surface area contributed by atoms with Gasteiger partial charge in [-0.2, -0.15) is 0 Å². The van der Waals surface area contributed by atoms with Gasteiger partial charge in [0.05, 0.1) is 0 Å². The maximum absolute atomic E-state index is 11.7. The van der Waals surface area contributed by atoms with Crippen LogP contribution in [0.2, 0.25) is 0 Å². The van der Waals surface area contributed by atoms with Gasteiger partial charge in [-0.1, -0.05) is 0 Å². The molecule has 1 amide bonds. The second-order valence-corrected chi connectivity index (χ2v) is 4.51. The fraction of sp³-hybridized carbons (Fsp3) is 0.909. The van der Waals surface area contributed by atoms with Crippen LogP contribution in [-0.2, 0) is 9.53 Å². The van der Waals surface area contributed by atoms with E-state index in [1.54, 1.807) is 6.92 Å². The standard InChI is InChI=1S/C11H20N2O2/c1-10(14)13-7-6-12-5-2-11(13)3-8-15-9-4-11/h12H,2-9H2,1H3. The Morgan fingerprint density at radius 1 is 1.27 bits per heavy atom. The lowest BCUT2D eigenvalue weighted by atomic mass is 9.85. The Balaban J connectivity index is 2.17. The first-order valence-electron chi connectivity index (χ1n) is 5.81. The second kappa shape index (κ2) is 4.49. The van der Waals surface area contributed by atoms with Crippen LogP contribution in [0.3, 0.4) is 0 Å². The lowest BCUT2D eigenvalue weighted by molar-refractivity contribution is -0.139. The molecule has 2 aliphatic rings. The van der Waals surface area contributed by atoms with E-state index < -0.39 is 0 Å². The molecule has 0 bridgehead atoms. The minimum absolute atomic E-state index is 0.0770. The zero-order valence-corrected chi connectivity index (χ0v) is 9.42. The highest BCUT2D eigenvalue weighted by Gasteiger charge is 2.40. The molecule has 2 aliphatic heterocycles. The predicted molar refractivity (Wildman–Crippen MR) is 57.7 cm³/mol. The summed E-state index contributed by atoms with van der Waals surface area (Å²) in [7, 11) is 0. The summed E-state index contributed by atoms with van der Waals surface area (Å²) in [6, 6.07) is 0. The van der Waals surface area contributed by atoms with Crippen molar-refractivity contribution < 1.29 is 9.53 Å². The summed E-state index contributed by atoms with van der Waals surface area (Å²) < 4.78 is 5.41. The van der Waals surface area contributed by atoms with Crippen LogP contribution >= 0.6 is 0 Å². The number of nitrogens with one attached hydrogen (secondary N) is 1. The Hall–Kier alpha value is -0.610. The zero-order chi connectivity index (χ0) is 10.7. The van der Waals surface area contributed by atoms with E-state index in [4.69, 9.17) is 4.74 Å². The number of carbonyl (C=O) groups excluding carboxylic acids is 1. The Morgan fingerprint density at radius 3 is 2.67 bits per heavy atom. The average molecular weight is 212 g/mol. The summed E-state index contributed by atoms with van der Waals surface area (Å²) in [5.41, 5.74) is 0.0770. The maximum atomic E-state index is 11.7. The van der Waals surface area contributed by atoms with Crippen molar-refractivity contribution in [3.05, 3.63) is 0 Å². The molecule has 1 N–H and O–H groups in total. The average Bonchev–Trinajstić information content (AvgIpc) is 2.42. The molecule has 0 aromatic heterocycles. The highest BCUT2D eigenvalue weighted by molar-refractivity contribution is 5.74. The Kier molecular flexibility index (Phi) is 3.26. The molecule has 0 aromatic carbocycles. The van der Waals surface area contributed by atoms with Crippen molar-refractivity contribution in [2.75, 3.05) is 32.8 Å². The van der Waals surface area contributed by atoms with Crippen LogP contribution in [0.25, 0.3) is 0 Å². The summed E-state index contributed by atoms with van der Waals surface area (Å²) in [6.45, 7) is 6.05. The third-order valence-electron chi connectivity index (χ3n) is 3.66. The predicted octanol–water partition coefficient (Wildman–Crippen LogP) is 0.377. The Bertz CT molecular complexity index is 237. The topological polar surface area (TPSA) is 41.6 Å². The number of hydrogen-bond acceptors (Lipinski definition) is 3. The van der Waals surface area contributed by atoms with E-state index in [2.05, 4.69) is 10.2 Å². The largest absolute Gasteiger partial charge is 0.381 e. The summed E-state index contributed by atoms with van der Waals surface area (Å²) in [5, 5.41) is 3.37. The quantitative estimate of drug-likeness (QED) is 0.631. The third kappa shape index (κ3) is 2.16. The number of amides is 1. The number of hydrogen-bond donors (Lipinski definition) is 1. The van der Waals surface area contributed by atoms with Crippen LogP contribution in [0.4, 0.5) is 0 Å². The fourth-order valence-corrected chi connectivity index (χ4v) is 2.77. The molecule has 0 saturated carbocycles. The van der Waals surface area contributed by atoms with Crippen LogP contribution in [-0.4, -0.2) is 49.2 Å². The summed E-state index contributed by atoms with van der Waals surface area (Å²) >= 11 is 0. The van der Waals surface area contributed by atoms with Gasteiger partial charge in [0.25, 0.3) is 0 Å². The first-order chi connectivity index (χ1) is 7.25. The van der Waals surface area contributed by atoms with E-state index in [1.807, 2.05) is 0 Å². The Morgan fingerprint density at radius 2 is 2.00 bits per heavy atom. The number of ether oxygens (including phenoxy) is 1. The van der Waals surface area contributed by atoms with E-state index in [0.29, 0.717) is 0 Å². The molecule has 0 atom stereocenters. The van der Waals surface area contributed by atoms with Crippen molar-refractivity contribution in [2.24, 2.45) is 0 Å². The van der Waals surface area contributed by atoms with Gasteiger partial charge in [0.2, 0.25) is 5.91 Å². The van der Waals surface area contributed by atoms with Crippen LogP contribution in [0.15, 0.2) is 0 Å². The van der Waals surface area contributed by atoms with E-state index in [9.17, 15) is 4.79 Å². The lowest BCUT2D eigenvalue weighted by Crippen LogP contribution is -2.54. The number of rotatable bonds is 0. The van der Waals surface area contributed by atoms with Crippen molar-refractivity contribution in [3.63, 3.8) is 0 Å². The van der Waals surface area contributed by atoms with E-state index in [1.165, 1.54) is 0 Å². The molecule has 0 aromatic rings. The lowest BCUT2D eigenvalue weighted by Gasteiger charge is -2.45. The molecule has 2 rings (SSSR count). The minimum Gasteiger partial charge on any atom is -0.381 e. The molecule has 1 spiro atoms. The first kappa shape index (κ1) is 10.9. The van der Waals surface area contributed by atoms with Gasteiger partial charge in [-0.3, -0.25) is 4.79 Å². The van der Waals surface area contributed by atoms with Crippen LogP contribution in [0.5, 0.6) is 0 Å². The molecule has 15 heavy (non-hydrogen) atoms. The van der Waals surface area contributed by atoms with Crippen LogP contribution < -0.4 is 5.32 Å². The van der Waals surface area contributed by atoms with Gasteiger partial charge >= 0.3 is 0 Å². The van der Waals surface area contributed by atoms with Gasteiger partial charge in [0, 0.05) is 38.8 Å². The van der Waals surface area contributed by atoms with E-state index in [0.717, 1.165) is 52.1 Å². The molecular formula is C11H20N2O2. The van der Waals surface area contributed by atoms with Gasteiger partial charge in [0.15, 0.2) is 0 Å². The van der Waals surface area contributed by atoms with Gasteiger partial charge in [0.1, 0.15) is 0 Å². The van der Waals surface area contributed by atoms with Crippen LogP contribution in [0.1, 0.15) is 26.2 Å². The molecule has 0 radical (unpaired) electrons. The molecule has 86 valence electrons. The van der Waals surface area contributed by atoms with Gasteiger partial charge in [-0.15, -0.1) is 0 Å². The monoisotopic (exact) mass is 212 g/mol. The summed E-state index contributed by atoms with van der Waals surface area (Å²) in [4.78, 5) is 13.7. The Labute approximate surface area is 91.0 Å². The van der Waals surface area contributed by atoms with Gasteiger partial charge in [-0.25, -0.2) is 0 Å². The molecule has 2 saturated heterocycles. The minimum atomic E-state index is 0.0770. The number of nitrogens with zero attached hydrogens (tertiary/aromatic N) is 1. The molecule has 0 unspecified atom stereocenters. The molecule has 0 aliphatic carbocycles. The first-order valence-corrected chi connectivity index (χ1v) is 5.81. The third-order valence-corrected chi connectivity index (χ3v) is 3.66. The maximum Gasteiger partial charge on any atom is 0.219 e. The molecular weight excluding hydrogens is 192 g/mol. The highest BCUT2D eigenvalue weighted by atomic mass is 16.5. The van der Waals surface area contributed by atoms with E-state index in [-0.39, 0.29) is 11.4 Å². The van der Waals surface area contributed by atoms with Crippen molar-refractivity contribution in [3.8, 4) is 0 Å². The SMILES string of the molecule is CC(=O)N1CCNCCC12CCOCC2. The van der Waals surface area contributed by atoms with Crippen molar-refractivity contribution in [1.82, 2.24) is 10.2 Å². The summed E-state index contributed by atoms with van der Waals surface area (Å²) in [5.74, 6) is 0.209. The van der Waals surface area contributed by atoms with Crippen molar-refractivity contribution in [2.45, 2.75) is 31.7 Å². The highest BCUT2D eigenvalue weighted by Crippen LogP contribution is 2.32. The number of carbonyl (C=O) groups is 1. The second-order valence-electron chi connectivity index (χ2n) is 4.51. The normalized spacial score (nSPS) is 26.3. The van der Waals surface area contributed by atoms with Gasteiger partial charge < -0.3 is 15.0 Å². The van der Waals surface area contributed by atoms with Crippen LogP contribution in [0, 0.1) is 0 Å². The molecule has 2 fully saturated rings. The van der Waals surface area contributed by atoms with Crippen molar-refractivity contribution >= 4 is 5.91 Å². The molecule has 2 heterocycles. The zero-order valence-electron chi connectivity index (χ0n) is 9.42. The van der Waals surface area contributed by atoms with E-state index >= 15 is 0 Å². The summed E-state index contributed by atoms with van der Waals surface area (Å²) in [6.07, 6.45) is 3.05. The molecule has 4 nitrogen and oxygen atoms in total. The van der Waals surface area contributed by atoms with Gasteiger partial charge in [-0.05, 0) is 25.8 Å². The fourth-order valence-electron chi connectivity index (χ4n) is 2.77. The smallest absolute Gasteiger partial charge is 0.219 e.